The second-order valence-electron chi connectivity index (χ2n) is 8.50. The van der Waals surface area contributed by atoms with Crippen LogP contribution in [0.5, 0.6) is 5.75 Å². The van der Waals surface area contributed by atoms with Gasteiger partial charge in [0.1, 0.15) is 6.61 Å². The summed E-state index contributed by atoms with van der Waals surface area (Å²) in [6, 6.07) is 0.00116. The molecule has 0 saturated carbocycles. The number of halogens is 4. The molecule has 0 fully saturated rings. The molecule has 210 valence electrons. The van der Waals surface area contributed by atoms with Crippen LogP contribution in [0.1, 0.15) is 37.6 Å². The number of ether oxygens (including phenoxy) is 1. The molecule has 39 heavy (non-hydrogen) atoms. The minimum Gasteiger partial charge on any atom is -0.481 e. The zero-order chi connectivity index (χ0) is 29.4. The lowest BCUT2D eigenvalue weighted by Gasteiger charge is -2.20. The number of carboxylic acids is 1. The lowest BCUT2D eigenvalue weighted by Crippen LogP contribution is -2.45. The molecule has 11 nitrogen and oxygen atoms in total. The van der Waals surface area contributed by atoms with Crippen molar-refractivity contribution in [2.24, 2.45) is 5.92 Å². The summed E-state index contributed by atoms with van der Waals surface area (Å²) >= 11 is 0. The van der Waals surface area contributed by atoms with Crippen molar-refractivity contribution in [1.82, 2.24) is 15.3 Å². The first-order valence-corrected chi connectivity index (χ1v) is 11.4. The number of nitrogens with one attached hydrogen (secondary N) is 2. The maximum absolute atomic E-state index is 13.8. The Bertz CT molecular complexity index is 1260. The third-order valence-electron chi connectivity index (χ3n) is 5.18. The van der Waals surface area contributed by atoms with Crippen molar-refractivity contribution in [1.29, 1.82) is 0 Å². The topological polar surface area (TPSA) is 165 Å². The van der Waals surface area contributed by atoms with Crippen LogP contribution in [0.3, 0.4) is 0 Å². The van der Waals surface area contributed by atoms with E-state index in [-0.39, 0.29) is 12.0 Å². The minimum absolute atomic E-state index is 0.0624. The Morgan fingerprint density at radius 3 is 2.08 bits per heavy atom. The maximum atomic E-state index is 13.8. The average molecular weight is 556 g/mol. The van der Waals surface area contributed by atoms with E-state index in [0.717, 1.165) is 0 Å². The molecule has 0 unspecified atom stereocenters. The molecule has 15 heteroatoms. The molecule has 0 radical (unpaired) electrons. The molecule has 2 aromatic rings. The molecule has 0 bridgehead atoms. The highest BCUT2D eigenvalue weighted by Gasteiger charge is 2.29. The Kier molecular flexibility index (Phi) is 10.6. The van der Waals surface area contributed by atoms with E-state index in [1.54, 1.807) is 19.9 Å². The summed E-state index contributed by atoms with van der Waals surface area (Å²) in [5, 5.41) is 13.3. The Balaban J connectivity index is 2.04. The number of carbonyl (C=O) groups excluding carboxylic acids is 4. The standard InChI is InChI=1S/C24H24F4N4O7/c1-10(6-16(33)23(38)32-24-29-11(2)7-12(3)30-24)22(37)31-15(4-5-18(35)36)17(34)9-39-21-19(27)13(25)8-14(26)20(21)28/h7-8,10,15H,4-6,9H2,1-3H3,(H,31,37)(H,35,36)(H,29,30,32,38)/t10-,15+/m1/s1. The number of hydrogen-bond donors (Lipinski definition) is 3. The number of hydrogen-bond acceptors (Lipinski definition) is 8. The summed E-state index contributed by atoms with van der Waals surface area (Å²) in [6.07, 6.45) is -1.73. The van der Waals surface area contributed by atoms with Crippen molar-refractivity contribution in [2.75, 3.05) is 11.9 Å². The number of carboxylic acid groups (broad SMARTS) is 1. The van der Waals surface area contributed by atoms with Crippen molar-refractivity contribution in [3.05, 3.63) is 46.8 Å². The first-order valence-electron chi connectivity index (χ1n) is 11.4. The third kappa shape index (κ3) is 8.83. The molecule has 1 aromatic carbocycles. The van der Waals surface area contributed by atoms with Gasteiger partial charge in [-0.1, -0.05) is 6.92 Å². The molecule has 0 saturated heterocycles. The van der Waals surface area contributed by atoms with E-state index in [0.29, 0.717) is 11.4 Å². The number of ketones is 2. The van der Waals surface area contributed by atoms with Gasteiger partial charge < -0.3 is 15.2 Å². The molecule has 2 amide bonds. The van der Waals surface area contributed by atoms with E-state index < -0.39 is 96.2 Å². The number of nitrogens with zero attached hydrogens (tertiary/aromatic N) is 2. The molecule has 0 aliphatic rings. The Morgan fingerprint density at radius 2 is 1.54 bits per heavy atom. The van der Waals surface area contributed by atoms with E-state index in [1.165, 1.54) is 6.92 Å². The quantitative estimate of drug-likeness (QED) is 0.191. The van der Waals surface area contributed by atoms with Gasteiger partial charge in [-0.05, 0) is 26.3 Å². The number of aromatic nitrogens is 2. The number of carbonyl (C=O) groups is 5. The summed E-state index contributed by atoms with van der Waals surface area (Å²) in [6.45, 7) is 3.36. The van der Waals surface area contributed by atoms with Gasteiger partial charge >= 0.3 is 5.97 Å². The Labute approximate surface area is 219 Å². The van der Waals surface area contributed by atoms with Crippen LogP contribution in [0.15, 0.2) is 12.1 Å². The number of amides is 2. The number of Topliss-reactive ketones (excluding diaryl/α,β-unsaturated/α-hetero) is 2. The summed E-state index contributed by atoms with van der Waals surface area (Å²) < 4.78 is 58.9. The Hall–Kier alpha value is -4.43. The highest BCUT2D eigenvalue weighted by atomic mass is 19.2. The molecule has 0 aliphatic carbocycles. The molecule has 0 spiro atoms. The van der Waals surface area contributed by atoms with Gasteiger partial charge in [0.25, 0.3) is 5.91 Å². The van der Waals surface area contributed by atoms with Gasteiger partial charge in [-0.15, -0.1) is 0 Å². The maximum Gasteiger partial charge on any atom is 0.303 e. The van der Waals surface area contributed by atoms with Crippen molar-refractivity contribution >= 4 is 35.3 Å². The molecular weight excluding hydrogens is 532 g/mol. The highest BCUT2D eigenvalue weighted by Crippen LogP contribution is 2.26. The van der Waals surface area contributed by atoms with Gasteiger partial charge in [0, 0.05) is 36.2 Å². The summed E-state index contributed by atoms with van der Waals surface area (Å²) in [5.41, 5.74) is 1.07. The second kappa shape index (κ2) is 13.4. The monoisotopic (exact) mass is 556 g/mol. The number of anilines is 1. The molecule has 0 aliphatic heterocycles. The van der Waals surface area contributed by atoms with E-state index in [4.69, 9.17) is 5.11 Å². The molecule has 1 aromatic heterocycles. The van der Waals surface area contributed by atoms with E-state index in [2.05, 4.69) is 25.3 Å². The van der Waals surface area contributed by atoms with Crippen molar-refractivity contribution in [3.8, 4) is 5.75 Å². The first-order chi connectivity index (χ1) is 18.2. The number of aryl methyl sites for hydroxylation is 2. The van der Waals surface area contributed by atoms with Crippen LogP contribution in [-0.2, 0) is 24.0 Å². The number of rotatable bonds is 13. The van der Waals surface area contributed by atoms with Gasteiger partial charge in [0.2, 0.25) is 29.3 Å². The fourth-order valence-corrected chi connectivity index (χ4v) is 3.23. The van der Waals surface area contributed by atoms with Gasteiger partial charge in [0.05, 0.1) is 6.04 Å². The van der Waals surface area contributed by atoms with Crippen molar-refractivity contribution in [2.45, 2.75) is 46.1 Å². The van der Waals surface area contributed by atoms with E-state index in [1.807, 2.05) is 0 Å². The van der Waals surface area contributed by atoms with Crippen LogP contribution >= 0.6 is 0 Å². The molecule has 2 atom stereocenters. The average Bonchev–Trinajstić information content (AvgIpc) is 2.84. The zero-order valence-corrected chi connectivity index (χ0v) is 20.9. The number of benzene rings is 1. The second-order valence-corrected chi connectivity index (χ2v) is 8.50. The molecule has 2 rings (SSSR count). The third-order valence-corrected chi connectivity index (χ3v) is 5.18. The molecule has 1 heterocycles. The predicted octanol–water partition coefficient (Wildman–Crippen LogP) is 2.18. The van der Waals surface area contributed by atoms with E-state index >= 15 is 0 Å². The van der Waals surface area contributed by atoms with Crippen LogP contribution < -0.4 is 15.4 Å². The van der Waals surface area contributed by atoms with Gasteiger partial charge in [0.15, 0.2) is 23.2 Å². The summed E-state index contributed by atoms with van der Waals surface area (Å²) in [7, 11) is 0. The van der Waals surface area contributed by atoms with Crippen LogP contribution in [0.4, 0.5) is 23.5 Å². The Morgan fingerprint density at radius 1 is 0.974 bits per heavy atom. The van der Waals surface area contributed by atoms with E-state index in [9.17, 15) is 41.5 Å². The fraction of sp³-hybridized carbons (Fsp3) is 0.375. The lowest BCUT2D eigenvalue weighted by atomic mass is 10.0. The zero-order valence-electron chi connectivity index (χ0n) is 20.9. The van der Waals surface area contributed by atoms with Gasteiger partial charge in [-0.25, -0.2) is 18.7 Å². The van der Waals surface area contributed by atoms with Gasteiger partial charge in [-0.2, -0.15) is 8.78 Å². The molecular formula is C24H24F4N4O7. The summed E-state index contributed by atoms with van der Waals surface area (Å²) in [4.78, 5) is 68.6. The van der Waals surface area contributed by atoms with Crippen LogP contribution in [0.25, 0.3) is 0 Å². The summed E-state index contributed by atoms with van der Waals surface area (Å²) in [5.74, 6) is -15.7. The predicted molar refractivity (Wildman–Crippen MR) is 125 cm³/mol. The largest absolute Gasteiger partial charge is 0.481 e. The lowest BCUT2D eigenvalue weighted by molar-refractivity contribution is -0.139. The normalized spacial score (nSPS) is 12.3. The van der Waals surface area contributed by atoms with Crippen LogP contribution in [-0.4, -0.2) is 57.1 Å². The van der Waals surface area contributed by atoms with Crippen LogP contribution in [0, 0.1) is 43.0 Å². The smallest absolute Gasteiger partial charge is 0.303 e. The SMILES string of the molecule is Cc1cc(C)nc(NC(=O)C(=O)C[C@@H](C)C(=O)N[C@@H](CCC(=O)O)C(=O)COc2c(F)c(F)cc(F)c2F)n1. The highest BCUT2D eigenvalue weighted by molar-refractivity contribution is 6.40. The van der Waals surface area contributed by atoms with Crippen LogP contribution in [0.2, 0.25) is 0 Å². The van der Waals surface area contributed by atoms with Crippen molar-refractivity contribution in [3.63, 3.8) is 0 Å². The molecule has 3 N–H and O–H groups in total. The minimum atomic E-state index is -1.90. The number of aliphatic carboxylic acids is 1. The first kappa shape index (κ1) is 30.8. The van der Waals surface area contributed by atoms with Crippen molar-refractivity contribution < 1.29 is 51.4 Å². The van der Waals surface area contributed by atoms with Gasteiger partial charge in [-0.3, -0.25) is 29.3 Å². The fourth-order valence-electron chi connectivity index (χ4n) is 3.23.